The van der Waals surface area contributed by atoms with Gasteiger partial charge in [0.1, 0.15) is 5.82 Å². The fraction of sp³-hybridized carbons (Fsp3) is 0.0833. The quantitative estimate of drug-likeness (QED) is 0.687. The van der Waals surface area contributed by atoms with Crippen LogP contribution in [0.5, 0.6) is 0 Å². The zero-order chi connectivity index (χ0) is 13.0. The van der Waals surface area contributed by atoms with Crippen molar-refractivity contribution in [3.8, 4) is 0 Å². The van der Waals surface area contributed by atoms with Crippen molar-refractivity contribution in [2.75, 3.05) is 11.1 Å². The first-order valence-corrected chi connectivity index (χ1v) is 5.37. The van der Waals surface area contributed by atoms with Crippen molar-refractivity contribution in [2.24, 2.45) is 5.73 Å². The van der Waals surface area contributed by atoms with Gasteiger partial charge in [-0.05, 0) is 29.8 Å². The summed E-state index contributed by atoms with van der Waals surface area (Å²) in [7, 11) is 0. The molecular formula is C12H13N5O. The molecule has 0 aliphatic carbocycles. The van der Waals surface area contributed by atoms with Crippen molar-refractivity contribution in [1.82, 2.24) is 10.2 Å². The van der Waals surface area contributed by atoms with Crippen LogP contribution in [0.25, 0.3) is 0 Å². The molecule has 1 aromatic heterocycles. The van der Waals surface area contributed by atoms with Gasteiger partial charge in [0.15, 0.2) is 5.69 Å². The summed E-state index contributed by atoms with van der Waals surface area (Å²) in [6.07, 6.45) is 0. The summed E-state index contributed by atoms with van der Waals surface area (Å²) >= 11 is 0. The van der Waals surface area contributed by atoms with E-state index in [-0.39, 0.29) is 5.69 Å². The van der Waals surface area contributed by atoms with E-state index in [4.69, 9.17) is 11.5 Å². The second-order valence-corrected chi connectivity index (χ2v) is 3.76. The number of aromatic nitrogens is 2. The summed E-state index contributed by atoms with van der Waals surface area (Å²) < 4.78 is 0. The van der Waals surface area contributed by atoms with Crippen LogP contribution in [0.4, 0.5) is 11.5 Å². The Hall–Kier alpha value is -2.63. The van der Waals surface area contributed by atoms with Crippen LogP contribution in [0.3, 0.4) is 0 Å². The maximum Gasteiger partial charge on any atom is 0.269 e. The van der Waals surface area contributed by atoms with E-state index in [2.05, 4.69) is 15.5 Å². The monoisotopic (exact) mass is 243 g/mol. The molecule has 0 saturated carbocycles. The zero-order valence-electron chi connectivity index (χ0n) is 9.63. The van der Waals surface area contributed by atoms with Gasteiger partial charge in [-0.1, -0.05) is 12.1 Å². The lowest BCUT2D eigenvalue weighted by molar-refractivity contribution is 0.0994. The van der Waals surface area contributed by atoms with E-state index in [0.717, 1.165) is 11.3 Å². The highest BCUT2D eigenvalue weighted by atomic mass is 16.1. The Morgan fingerprint density at radius 3 is 2.39 bits per heavy atom. The summed E-state index contributed by atoms with van der Waals surface area (Å²) in [5, 5.41) is 10.6. The summed E-state index contributed by atoms with van der Waals surface area (Å²) in [5.74, 6) is -0.00981. The third-order valence-corrected chi connectivity index (χ3v) is 2.37. The number of amides is 1. The molecule has 2 rings (SSSR count). The van der Waals surface area contributed by atoms with E-state index in [1.165, 1.54) is 6.07 Å². The van der Waals surface area contributed by atoms with Gasteiger partial charge in [0.25, 0.3) is 5.91 Å². The minimum Gasteiger partial charge on any atom is -0.399 e. The minimum absolute atomic E-state index is 0.146. The van der Waals surface area contributed by atoms with Crippen molar-refractivity contribution < 1.29 is 4.79 Å². The first kappa shape index (κ1) is 11.8. The molecule has 0 spiro atoms. The molecule has 6 nitrogen and oxygen atoms in total. The van der Waals surface area contributed by atoms with Crippen molar-refractivity contribution >= 4 is 17.4 Å². The summed E-state index contributed by atoms with van der Waals surface area (Å²) in [6, 6.07) is 10.7. The second-order valence-electron chi connectivity index (χ2n) is 3.76. The number of carbonyl (C=O) groups is 1. The van der Waals surface area contributed by atoms with Gasteiger partial charge >= 0.3 is 0 Å². The van der Waals surface area contributed by atoms with Crippen LogP contribution in [-0.4, -0.2) is 16.1 Å². The van der Waals surface area contributed by atoms with Gasteiger partial charge in [-0.15, -0.1) is 10.2 Å². The standard InChI is InChI=1S/C12H13N5O/c13-9-3-1-8(2-4-9)7-15-11-6-5-10(12(14)18)16-17-11/h1-6H,7,13H2,(H2,14,18)(H,15,17). The molecule has 1 amide bonds. The minimum atomic E-state index is -0.590. The van der Waals surface area contributed by atoms with Gasteiger partial charge in [-0.3, -0.25) is 4.79 Å². The van der Waals surface area contributed by atoms with Crippen molar-refractivity contribution in [2.45, 2.75) is 6.54 Å². The Morgan fingerprint density at radius 1 is 1.11 bits per heavy atom. The van der Waals surface area contributed by atoms with Crippen LogP contribution in [0.1, 0.15) is 16.1 Å². The topological polar surface area (TPSA) is 107 Å². The largest absolute Gasteiger partial charge is 0.399 e. The molecule has 0 aliphatic heterocycles. The van der Waals surface area contributed by atoms with Crippen LogP contribution in [0.2, 0.25) is 0 Å². The summed E-state index contributed by atoms with van der Waals surface area (Å²) in [5.41, 5.74) is 12.6. The molecule has 92 valence electrons. The molecule has 0 bridgehead atoms. The van der Waals surface area contributed by atoms with Gasteiger partial charge in [-0.25, -0.2) is 0 Å². The Balaban J connectivity index is 1.97. The molecule has 0 unspecified atom stereocenters. The Kier molecular flexibility index (Phi) is 3.38. The van der Waals surface area contributed by atoms with E-state index in [0.29, 0.717) is 12.4 Å². The number of hydrogen-bond donors (Lipinski definition) is 3. The summed E-state index contributed by atoms with van der Waals surface area (Å²) in [6.45, 7) is 0.602. The summed E-state index contributed by atoms with van der Waals surface area (Å²) in [4.78, 5) is 10.8. The lowest BCUT2D eigenvalue weighted by Gasteiger charge is -2.05. The Bertz CT molecular complexity index is 535. The predicted octanol–water partition coefficient (Wildman–Crippen LogP) is 0.770. The molecule has 6 heteroatoms. The average molecular weight is 243 g/mol. The fourth-order valence-corrected chi connectivity index (χ4v) is 1.39. The Morgan fingerprint density at radius 2 is 1.83 bits per heavy atom. The van der Waals surface area contributed by atoms with E-state index in [1.54, 1.807) is 6.07 Å². The predicted molar refractivity (Wildman–Crippen MR) is 68.7 cm³/mol. The number of nitrogens with one attached hydrogen (secondary N) is 1. The number of nitrogens with two attached hydrogens (primary N) is 2. The van der Waals surface area contributed by atoms with Gasteiger partial charge in [0.05, 0.1) is 0 Å². The highest BCUT2D eigenvalue weighted by Gasteiger charge is 2.02. The number of carbonyl (C=O) groups excluding carboxylic acids is 1. The van der Waals surface area contributed by atoms with E-state index < -0.39 is 5.91 Å². The highest BCUT2D eigenvalue weighted by molar-refractivity contribution is 5.90. The molecule has 0 atom stereocenters. The molecule has 0 fully saturated rings. The molecule has 0 radical (unpaired) electrons. The number of rotatable bonds is 4. The van der Waals surface area contributed by atoms with Crippen molar-refractivity contribution in [3.05, 3.63) is 47.7 Å². The van der Waals surface area contributed by atoms with Crippen molar-refractivity contribution in [1.29, 1.82) is 0 Å². The third-order valence-electron chi connectivity index (χ3n) is 2.37. The Labute approximate surface area is 104 Å². The second kappa shape index (κ2) is 5.13. The normalized spacial score (nSPS) is 10.0. The number of primary amides is 1. The highest BCUT2D eigenvalue weighted by Crippen LogP contribution is 2.08. The molecule has 0 saturated heterocycles. The van der Waals surface area contributed by atoms with E-state index >= 15 is 0 Å². The molecule has 1 heterocycles. The van der Waals surface area contributed by atoms with E-state index in [1.807, 2.05) is 24.3 Å². The first-order chi connectivity index (χ1) is 8.65. The number of nitrogens with zero attached hydrogens (tertiary/aromatic N) is 2. The van der Waals surface area contributed by atoms with Gasteiger partial charge in [0, 0.05) is 12.2 Å². The van der Waals surface area contributed by atoms with Gasteiger partial charge < -0.3 is 16.8 Å². The maximum absolute atomic E-state index is 10.8. The van der Waals surface area contributed by atoms with Gasteiger partial charge in [0.2, 0.25) is 0 Å². The molecule has 18 heavy (non-hydrogen) atoms. The van der Waals surface area contributed by atoms with Crippen molar-refractivity contribution in [3.63, 3.8) is 0 Å². The number of benzene rings is 1. The van der Waals surface area contributed by atoms with Crippen LogP contribution in [-0.2, 0) is 6.54 Å². The van der Waals surface area contributed by atoms with E-state index in [9.17, 15) is 4.79 Å². The lowest BCUT2D eigenvalue weighted by Crippen LogP contribution is -2.14. The number of nitrogen functional groups attached to an aromatic ring is 1. The number of anilines is 2. The number of hydrogen-bond acceptors (Lipinski definition) is 5. The average Bonchev–Trinajstić information content (AvgIpc) is 2.38. The molecule has 0 aliphatic rings. The van der Waals surface area contributed by atoms with Crippen LogP contribution in [0.15, 0.2) is 36.4 Å². The van der Waals surface area contributed by atoms with Gasteiger partial charge in [-0.2, -0.15) is 0 Å². The molecule has 1 aromatic carbocycles. The lowest BCUT2D eigenvalue weighted by atomic mass is 10.2. The molecule has 5 N–H and O–H groups in total. The van der Waals surface area contributed by atoms with Crippen LogP contribution < -0.4 is 16.8 Å². The maximum atomic E-state index is 10.8. The molecular weight excluding hydrogens is 230 g/mol. The zero-order valence-corrected chi connectivity index (χ0v) is 9.63. The first-order valence-electron chi connectivity index (χ1n) is 5.37. The SMILES string of the molecule is NC(=O)c1ccc(NCc2ccc(N)cc2)nn1. The fourth-order valence-electron chi connectivity index (χ4n) is 1.39. The van der Waals surface area contributed by atoms with Crippen LogP contribution in [0, 0.1) is 0 Å². The third kappa shape index (κ3) is 2.94. The van der Waals surface area contributed by atoms with Crippen LogP contribution >= 0.6 is 0 Å². The molecule has 2 aromatic rings. The smallest absolute Gasteiger partial charge is 0.269 e.